The molecule has 5 nitrogen and oxygen atoms in total. The number of imidazole rings is 1. The Kier molecular flexibility index (Phi) is 3.75. The fourth-order valence-corrected chi connectivity index (χ4v) is 3.12. The number of rotatable bonds is 4. The van der Waals surface area contributed by atoms with Crippen LogP contribution in [0, 0.1) is 18.7 Å². The van der Waals surface area contributed by atoms with Crippen molar-refractivity contribution in [2.45, 2.75) is 32.7 Å². The lowest BCUT2D eigenvalue weighted by molar-refractivity contribution is 0.0933. The van der Waals surface area contributed by atoms with Gasteiger partial charge in [0, 0.05) is 23.5 Å². The van der Waals surface area contributed by atoms with E-state index in [-0.39, 0.29) is 17.8 Å². The molecule has 25 heavy (non-hydrogen) atoms. The summed E-state index contributed by atoms with van der Waals surface area (Å²) in [4.78, 5) is 21.2. The largest absolute Gasteiger partial charge is 0.348 e. The maximum absolute atomic E-state index is 13.1. The quantitative estimate of drug-likeness (QED) is 0.793. The summed E-state index contributed by atoms with van der Waals surface area (Å²) in [5.41, 5.74) is 3.52. The molecule has 0 aliphatic heterocycles. The lowest BCUT2D eigenvalue weighted by Gasteiger charge is -2.12. The van der Waals surface area contributed by atoms with Crippen LogP contribution in [-0.2, 0) is 0 Å². The van der Waals surface area contributed by atoms with Gasteiger partial charge in [-0.2, -0.15) is 0 Å². The van der Waals surface area contributed by atoms with Gasteiger partial charge < -0.3 is 5.32 Å². The molecule has 4 rings (SSSR count). The summed E-state index contributed by atoms with van der Waals surface area (Å²) in [5.74, 6) is 0.114. The van der Waals surface area contributed by atoms with Crippen LogP contribution < -0.4 is 5.32 Å². The highest BCUT2D eigenvalue weighted by Crippen LogP contribution is 2.32. The zero-order valence-corrected chi connectivity index (χ0v) is 14.2. The maximum Gasteiger partial charge on any atom is 0.274 e. The molecule has 2 heterocycles. The fourth-order valence-electron chi connectivity index (χ4n) is 3.12. The number of carbonyl (C=O) groups is 1. The van der Waals surface area contributed by atoms with E-state index in [1.165, 1.54) is 25.0 Å². The van der Waals surface area contributed by atoms with Crippen molar-refractivity contribution < 1.29 is 9.18 Å². The molecule has 0 bridgehead atoms. The standard InChI is InChI=1S/C19H19FN4O/c1-11(13-3-4-13)23-19(25)17-18-21-9-16(12(2)24(18)10-22-17)14-5-7-15(20)8-6-14/h5-11,13H,3-4H2,1-2H3,(H,23,25). The van der Waals surface area contributed by atoms with Crippen LogP contribution in [0.3, 0.4) is 0 Å². The second-order valence-electron chi connectivity index (χ2n) is 6.65. The molecule has 1 saturated carbocycles. The van der Waals surface area contributed by atoms with Crippen molar-refractivity contribution in [1.29, 1.82) is 0 Å². The van der Waals surface area contributed by atoms with Gasteiger partial charge in [-0.25, -0.2) is 14.4 Å². The number of aryl methyl sites for hydroxylation is 1. The van der Waals surface area contributed by atoms with Crippen molar-refractivity contribution in [3.63, 3.8) is 0 Å². The average molecular weight is 338 g/mol. The van der Waals surface area contributed by atoms with Gasteiger partial charge in [0.05, 0.1) is 0 Å². The molecule has 2 aromatic heterocycles. The molecule has 1 aliphatic rings. The SMILES string of the molecule is Cc1c(-c2ccc(F)cc2)cnc2c(C(=O)NC(C)C3CC3)ncn12. The van der Waals surface area contributed by atoms with Crippen molar-refractivity contribution in [2.24, 2.45) is 5.92 Å². The fraction of sp³-hybridized carbons (Fsp3) is 0.316. The van der Waals surface area contributed by atoms with E-state index in [0.717, 1.165) is 16.8 Å². The van der Waals surface area contributed by atoms with Gasteiger partial charge in [0.15, 0.2) is 11.3 Å². The highest BCUT2D eigenvalue weighted by Gasteiger charge is 2.30. The lowest BCUT2D eigenvalue weighted by atomic mass is 10.1. The third-order valence-electron chi connectivity index (χ3n) is 4.87. The third-order valence-corrected chi connectivity index (χ3v) is 4.87. The lowest BCUT2D eigenvalue weighted by Crippen LogP contribution is -2.34. The molecule has 3 aromatic rings. The van der Waals surface area contributed by atoms with E-state index < -0.39 is 0 Å². The van der Waals surface area contributed by atoms with Crippen molar-refractivity contribution in [2.75, 3.05) is 0 Å². The molecule has 1 aliphatic carbocycles. The second-order valence-corrected chi connectivity index (χ2v) is 6.65. The summed E-state index contributed by atoms with van der Waals surface area (Å²) in [6.45, 7) is 3.96. The number of amides is 1. The molecular weight excluding hydrogens is 319 g/mol. The van der Waals surface area contributed by atoms with Crippen LogP contribution in [0.5, 0.6) is 0 Å². The van der Waals surface area contributed by atoms with E-state index in [2.05, 4.69) is 15.3 Å². The Bertz CT molecular complexity index is 944. The van der Waals surface area contributed by atoms with Gasteiger partial charge in [-0.05, 0) is 50.3 Å². The van der Waals surface area contributed by atoms with E-state index in [4.69, 9.17) is 0 Å². The molecule has 0 spiro atoms. The zero-order chi connectivity index (χ0) is 17.6. The number of halogens is 1. The maximum atomic E-state index is 13.1. The Morgan fingerprint density at radius 1 is 1.28 bits per heavy atom. The van der Waals surface area contributed by atoms with Gasteiger partial charge >= 0.3 is 0 Å². The highest BCUT2D eigenvalue weighted by atomic mass is 19.1. The monoisotopic (exact) mass is 338 g/mol. The van der Waals surface area contributed by atoms with E-state index in [0.29, 0.717) is 17.3 Å². The number of hydrogen-bond donors (Lipinski definition) is 1. The van der Waals surface area contributed by atoms with Crippen LogP contribution in [0.1, 0.15) is 35.9 Å². The first-order valence-corrected chi connectivity index (χ1v) is 8.44. The molecule has 6 heteroatoms. The van der Waals surface area contributed by atoms with Crippen LogP contribution in [0.25, 0.3) is 16.8 Å². The van der Waals surface area contributed by atoms with Gasteiger partial charge in [-0.15, -0.1) is 0 Å². The first-order valence-electron chi connectivity index (χ1n) is 8.44. The summed E-state index contributed by atoms with van der Waals surface area (Å²) in [6, 6.07) is 6.43. The molecule has 1 unspecified atom stereocenters. The van der Waals surface area contributed by atoms with Gasteiger partial charge in [-0.1, -0.05) is 12.1 Å². The number of hydrogen-bond acceptors (Lipinski definition) is 3. The smallest absolute Gasteiger partial charge is 0.274 e. The summed E-state index contributed by atoms with van der Waals surface area (Å²) >= 11 is 0. The molecule has 0 radical (unpaired) electrons. The summed E-state index contributed by atoms with van der Waals surface area (Å²) in [7, 11) is 0. The van der Waals surface area contributed by atoms with Crippen LogP contribution in [-0.4, -0.2) is 26.3 Å². The number of carbonyl (C=O) groups excluding carboxylic acids is 1. The van der Waals surface area contributed by atoms with Gasteiger partial charge in [-0.3, -0.25) is 9.20 Å². The average Bonchev–Trinajstić information content (AvgIpc) is 3.35. The van der Waals surface area contributed by atoms with Crippen LogP contribution >= 0.6 is 0 Å². The Morgan fingerprint density at radius 2 is 2.00 bits per heavy atom. The molecule has 1 amide bonds. The van der Waals surface area contributed by atoms with Crippen molar-refractivity contribution >= 4 is 11.6 Å². The van der Waals surface area contributed by atoms with Crippen molar-refractivity contribution in [1.82, 2.24) is 19.7 Å². The number of nitrogens with one attached hydrogen (secondary N) is 1. The minimum atomic E-state index is -0.276. The number of nitrogens with zero attached hydrogens (tertiary/aromatic N) is 3. The third kappa shape index (κ3) is 2.88. The molecule has 1 N–H and O–H groups in total. The zero-order valence-electron chi connectivity index (χ0n) is 14.2. The normalized spacial score (nSPS) is 15.3. The predicted molar refractivity (Wildman–Crippen MR) is 92.8 cm³/mol. The Labute approximate surface area is 144 Å². The Balaban J connectivity index is 1.69. The van der Waals surface area contributed by atoms with Crippen LogP contribution in [0.15, 0.2) is 36.8 Å². The summed E-state index contributed by atoms with van der Waals surface area (Å²) in [6.07, 6.45) is 5.66. The first kappa shape index (κ1) is 15.7. The Morgan fingerprint density at radius 3 is 2.68 bits per heavy atom. The van der Waals surface area contributed by atoms with Gasteiger partial charge in [0.25, 0.3) is 5.91 Å². The minimum Gasteiger partial charge on any atom is -0.348 e. The number of aromatic nitrogens is 3. The van der Waals surface area contributed by atoms with Crippen LogP contribution in [0.2, 0.25) is 0 Å². The Hall–Kier alpha value is -2.76. The van der Waals surface area contributed by atoms with E-state index in [1.54, 1.807) is 29.1 Å². The van der Waals surface area contributed by atoms with Crippen molar-refractivity contribution in [3.8, 4) is 11.1 Å². The number of fused-ring (bicyclic) bond motifs is 1. The minimum absolute atomic E-state index is 0.156. The number of benzene rings is 1. The van der Waals surface area contributed by atoms with Gasteiger partial charge in [0.2, 0.25) is 0 Å². The van der Waals surface area contributed by atoms with Crippen LogP contribution in [0.4, 0.5) is 4.39 Å². The molecule has 1 aromatic carbocycles. The molecule has 1 fully saturated rings. The molecule has 128 valence electrons. The molecular formula is C19H19FN4O. The topological polar surface area (TPSA) is 59.3 Å². The predicted octanol–water partition coefficient (Wildman–Crippen LogP) is 3.37. The second kappa shape index (κ2) is 5.95. The summed E-state index contributed by atoms with van der Waals surface area (Å²) in [5, 5.41) is 3.01. The highest BCUT2D eigenvalue weighted by molar-refractivity contribution is 5.98. The van der Waals surface area contributed by atoms with Gasteiger partial charge in [0.1, 0.15) is 12.1 Å². The first-order chi connectivity index (χ1) is 12.0. The van der Waals surface area contributed by atoms with E-state index in [9.17, 15) is 9.18 Å². The molecule has 0 saturated heterocycles. The molecule has 1 atom stereocenters. The van der Waals surface area contributed by atoms with Crippen molar-refractivity contribution in [3.05, 3.63) is 54.0 Å². The summed E-state index contributed by atoms with van der Waals surface area (Å²) < 4.78 is 14.9. The van der Waals surface area contributed by atoms with E-state index >= 15 is 0 Å². The van der Waals surface area contributed by atoms with E-state index in [1.807, 2.05) is 13.8 Å².